The molecule has 0 radical (unpaired) electrons. The molecule has 0 aliphatic rings. The lowest BCUT2D eigenvalue weighted by atomic mass is 10.00. The van der Waals surface area contributed by atoms with Gasteiger partial charge < -0.3 is 36.7 Å². The van der Waals surface area contributed by atoms with Crippen LogP contribution in [0.3, 0.4) is 0 Å². The van der Waals surface area contributed by atoms with E-state index in [0.29, 0.717) is 6.42 Å². The van der Waals surface area contributed by atoms with Gasteiger partial charge in [-0.2, -0.15) is 0 Å². The van der Waals surface area contributed by atoms with Crippen LogP contribution in [0.4, 0.5) is 0 Å². The first-order chi connectivity index (χ1) is 21.9. The van der Waals surface area contributed by atoms with Crippen LogP contribution in [0.2, 0.25) is 0 Å². The molecule has 0 bridgehead atoms. The molecule has 0 aliphatic heterocycles. The number of nitrogens with two attached hydrogens (primary N) is 2. The topological polar surface area (TPSA) is 240 Å². The maximum atomic E-state index is 13.2. The molecule has 1 aromatic heterocycles. The molecular formula is C32H50N8O7. The molecule has 0 fully saturated rings. The monoisotopic (exact) mass is 658 g/mol. The molecule has 0 spiro atoms. The van der Waals surface area contributed by atoms with E-state index in [1.54, 1.807) is 40.8 Å². The van der Waals surface area contributed by atoms with Crippen LogP contribution in [0.15, 0.2) is 30.5 Å². The Morgan fingerprint density at radius 1 is 0.872 bits per heavy atom. The summed E-state index contributed by atoms with van der Waals surface area (Å²) < 4.78 is 5.34. The lowest BCUT2D eigenvalue weighted by molar-refractivity contribution is -0.156. The number of amides is 5. The van der Waals surface area contributed by atoms with Gasteiger partial charge in [-0.1, -0.05) is 45.9 Å². The summed E-state index contributed by atoms with van der Waals surface area (Å²) >= 11 is 0. The molecule has 0 aliphatic carbocycles. The predicted molar refractivity (Wildman–Crippen MR) is 176 cm³/mol. The van der Waals surface area contributed by atoms with Gasteiger partial charge in [0.2, 0.25) is 23.6 Å². The molecule has 2 aromatic rings. The van der Waals surface area contributed by atoms with Gasteiger partial charge in [-0.05, 0) is 57.1 Å². The minimum Gasteiger partial charge on any atom is -0.460 e. The third-order valence-corrected chi connectivity index (χ3v) is 7.05. The summed E-state index contributed by atoms with van der Waals surface area (Å²) in [7, 11) is 0. The largest absolute Gasteiger partial charge is 0.460 e. The Morgan fingerprint density at radius 3 is 2.11 bits per heavy atom. The Kier molecular flexibility index (Phi) is 14.3. The number of H-pyrrole nitrogens is 1. The van der Waals surface area contributed by atoms with Crippen molar-refractivity contribution >= 4 is 46.4 Å². The molecule has 5 amide bonds. The second kappa shape index (κ2) is 17.4. The van der Waals surface area contributed by atoms with Crippen molar-refractivity contribution in [2.75, 3.05) is 6.54 Å². The summed E-state index contributed by atoms with van der Waals surface area (Å²) in [4.78, 5) is 80.2. The Balaban J connectivity index is 2.10. The van der Waals surface area contributed by atoms with Gasteiger partial charge in [0.05, 0.1) is 19.0 Å². The molecule has 2 rings (SSSR count). The predicted octanol–water partition coefficient (Wildman–Crippen LogP) is 0.0321. The van der Waals surface area contributed by atoms with Crippen LogP contribution in [0.5, 0.6) is 0 Å². The molecule has 10 N–H and O–H groups in total. The molecule has 0 unspecified atom stereocenters. The van der Waals surface area contributed by atoms with Gasteiger partial charge in [0.1, 0.15) is 23.7 Å². The van der Waals surface area contributed by atoms with Crippen LogP contribution in [-0.4, -0.2) is 76.8 Å². The van der Waals surface area contributed by atoms with E-state index in [0.717, 1.165) is 16.5 Å². The third-order valence-electron chi connectivity index (χ3n) is 7.05. The summed E-state index contributed by atoms with van der Waals surface area (Å²) in [5, 5.41) is 11.0. The van der Waals surface area contributed by atoms with E-state index in [2.05, 4.69) is 26.3 Å². The highest BCUT2D eigenvalue weighted by Gasteiger charge is 2.31. The standard InChI is InChI=1S/C32H50N8O7/c1-17(2)12-23(30(45)40-34)38-31(46)27(18(3)4)39-25(41)16-36-29(44)24(14-26(42)47-32(5,6)7)37-28(43)21(33)13-19-15-35-22-11-9-8-10-20(19)22/h8-11,15,17-18,21,23-24,27,35H,12-14,16,33-34H2,1-7H3,(H,36,44)(H,37,43)(H,38,46)(H,39,41)(H,40,45)/t21-,23+,24-,27-/m1/s1. The summed E-state index contributed by atoms with van der Waals surface area (Å²) in [6, 6.07) is 3.10. The number of rotatable bonds is 16. The number of nitrogens with one attached hydrogen (secondary N) is 6. The number of carbonyl (C=O) groups is 6. The number of esters is 1. The van der Waals surface area contributed by atoms with E-state index >= 15 is 0 Å². The first kappa shape index (κ1) is 38.7. The Morgan fingerprint density at radius 2 is 1.51 bits per heavy atom. The molecule has 0 saturated heterocycles. The van der Waals surface area contributed by atoms with Crippen molar-refractivity contribution < 1.29 is 33.5 Å². The quantitative estimate of drug-likeness (QED) is 0.0525. The number of aromatic amines is 1. The fourth-order valence-electron chi connectivity index (χ4n) is 4.78. The van der Waals surface area contributed by atoms with Crippen molar-refractivity contribution in [3.63, 3.8) is 0 Å². The summed E-state index contributed by atoms with van der Waals surface area (Å²) in [6.07, 6.45) is 1.71. The van der Waals surface area contributed by atoms with Crippen molar-refractivity contribution in [1.29, 1.82) is 0 Å². The van der Waals surface area contributed by atoms with Crippen LogP contribution in [0.25, 0.3) is 10.9 Å². The molecule has 15 heteroatoms. The molecular weight excluding hydrogens is 608 g/mol. The number of hydrogen-bond donors (Lipinski definition) is 8. The second-order valence-corrected chi connectivity index (χ2v) is 13.2. The van der Waals surface area contributed by atoms with Crippen molar-refractivity contribution in [2.45, 2.75) is 97.5 Å². The van der Waals surface area contributed by atoms with Gasteiger partial charge in [0, 0.05) is 17.1 Å². The number of ether oxygens (including phenoxy) is 1. The zero-order valence-corrected chi connectivity index (χ0v) is 28.2. The minimum atomic E-state index is -1.41. The molecule has 1 aromatic carbocycles. The van der Waals surface area contributed by atoms with Crippen molar-refractivity contribution in [2.24, 2.45) is 23.4 Å². The van der Waals surface area contributed by atoms with Gasteiger partial charge in [-0.15, -0.1) is 0 Å². The van der Waals surface area contributed by atoms with E-state index in [1.165, 1.54) is 0 Å². The van der Waals surface area contributed by atoms with Crippen LogP contribution >= 0.6 is 0 Å². The highest BCUT2D eigenvalue weighted by molar-refractivity contribution is 5.96. The third kappa shape index (κ3) is 12.7. The van der Waals surface area contributed by atoms with Gasteiger partial charge in [0.15, 0.2) is 0 Å². The highest BCUT2D eigenvalue weighted by Crippen LogP contribution is 2.19. The smallest absolute Gasteiger partial charge is 0.308 e. The van der Waals surface area contributed by atoms with Gasteiger partial charge in [-0.3, -0.25) is 34.2 Å². The molecule has 1 heterocycles. The summed E-state index contributed by atoms with van der Waals surface area (Å²) in [5.41, 5.74) is 9.06. The lowest BCUT2D eigenvalue weighted by Crippen LogP contribution is -2.58. The van der Waals surface area contributed by atoms with E-state index in [-0.39, 0.29) is 18.3 Å². The van der Waals surface area contributed by atoms with Crippen LogP contribution in [-0.2, 0) is 39.9 Å². The maximum absolute atomic E-state index is 13.2. The van der Waals surface area contributed by atoms with Crippen LogP contribution in [0, 0.1) is 11.8 Å². The van der Waals surface area contributed by atoms with Crippen LogP contribution in [0.1, 0.15) is 66.9 Å². The normalized spacial score (nSPS) is 14.1. The highest BCUT2D eigenvalue weighted by atomic mass is 16.6. The molecule has 260 valence electrons. The van der Waals surface area contributed by atoms with Crippen LogP contribution < -0.4 is 38.3 Å². The van der Waals surface area contributed by atoms with Crippen molar-refractivity contribution in [3.8, 4) is 0 Å². The number of carbonyl (C=O) groups excluding carboxylic acids is 6. The fourth-order valence-corrected chi connectivity index (χ4v) is 4.78. The fraction of sp³-hybridized carbons (Fsp3) is 0.562. The van der Waals surface area contributed by atoms with Gasteiger partial charge in [-0.25, -0.2) is 5.84 Å². The van der Waals surface area contributed by atoms with Gasteiger partial charge >= 0.3 is 5.97 Å². The van der Waals surface area contributed by atoms with Crippen molar-refractivity contribution in [1.82, 2.24) is 31.7 Å². The molecule has 15 nitrogen and oxygen atoms in total. The summed E-state index contributed by atoms with van der Waals surface area (Å²) in [6.45, 7) is 11.6. The molecule has 0 saturated carbocycles. The zero-order valence-electron chi connectivity index (χ0n) is 28.2. The number of benzene rings is 1. The van der Waals surface area contributed by atoms with E-state index in [1.807, 2.05) is 43.5 Å². The zero-order chi connectivity index (χ0) is 35.5. The number of hydrazine groups is 1. The average Bonchev–Trinajstić information content (AvgIpc) is 3.38. The average molecular weight is 659 g/mol. The Bertz CT molecular complexity index is 1420. The molecule has 4 atom stereocenters. The first-order valence-corrected chi connectivity index (χ1v) is 15.6. The lowest BCUT2D eigenvalue weighted by Gasteiger charge is -2.26. The second-order valence-electron chi connectivity index (χ2n) is 13.2. The number of para-hydroxylation sites is 1. The van der Waals surface area contributed by atoms with Gasteiger partial charge in [0.25, 0.3) is 5.91 Å². The van der Waals surface area contributed by atoms with E-state index in [9.17, 15) is 28.8 Å². The number of fused-ring (bicyclic) bond motifs is 1. The minimum absolute atomic E-state index is 0.0668. The summed E-state index contributed by atoms with van der Waals surface area (Å²) in [5.74, 6) is 0.794. The number of hydrogen-bond acceptors (Lipinski definition) is 9. The van der Waals surface area contributed by atoms with E-state index in [4.69, 9.17) is 16.3 Å². The van der Waals surface area contributed by atoms with Crippen molar-refractivity contribution in [3.05, 3.63) is 36.0 Å². The maximum Gasteiger partial charge on any atom is 0.308 e. The number of aromatic nitrogens is 1. The van der Waals surface area contributed by atoms with E-state index < -0.39 is 78.2 Å². The molecule has 47 heavy (non-hydrogen) atoms. The SMILES string of the molecule is CC(C)C[C@H](NC(=O)[C@H](NC(=O)CNC(=O)[C@@H](CC(=O)OC(C)(C)C)NC(=O)[C@H](N)Cc1c[nH]c2ccccc12)C(C)C)C(=O)NN. The Labute approximate surface area is 275 Å². The first-order valence-electron chi connectivity index (χ1n) is 15.6. The Hall–Kier alpha value is -4.50.